The van der Waals surface area contributed by atoms with Crippen LogP contribution in [0.2, 0.25) is 0 Å². The first-order chi connectivity index (χ1) is 31.3. The van der Waals surface area contributed by atoms with E-state index >= 15 is 0 Å². The lowest BCUT2D eigenvalue weighted by molar-refractivity contribution is 0.669. The van der Waals surface area contributed by atoms with Gasteiger partial charge in [0.1, 0.15) is 11.2 Å². The maximum absolute atomic E-state index is 6.25. The highest BCUT2D eigenvalue weighted by Gasteiger charge is 2.46. The zero-order valence-electron chi connectivity index (χ0n) is 34.5. The molecule has 0 saturated heterocycles. The summed E-state index contributed by atoms with van der Waals surface area (Å²) in [6.07, 6.45) is 0. The highest BCUT2D eigenvalue weighted by Crippen LogP contribution is 2.56. The molecule has 1 aliphatic rings. The van der Waals surface area contributed by atoms with Crippen molar-refractivity contribution in [2.75, 3.05) is 4.90 Å². The molecule has 0 atom stereocenters. The summed E-state index contributed by atoms with van der Waals surface area (Å²) in [5.74, 6) is 0. The van der Waals surface area contributed by atoms with Crippen LogP contribution >= 0.6 is 0 Å². The maximum atomic E-state index is 6.25. The molecule has 12 rings (SSSR count). The third kappa shape index (κ3) is 5.95. The molecule has 10 aromatic carbocycles. The van der Waals surface area contributed by atoms with Gasteiger partial charge in [-0.25, -0.2) is 0 Å². The number of hydrogen-bond acceptors (Lipinski definition) is 2. The number of benzene rings is 10. The van der Waals surface area contributed by atoms with Crippen molar-refractivity contribution in [1.82, 2.24) is 0 Å². The van der Waals surface area contributed by atoms with E-state index in [-0.39, 0.29) is 0 Å². The highest BCUT2D eigenvalue weighted by molar-refractivity contribution is 6.12. The van der Waals surface area contributed by atoms with Gasteiger partial charge in [0, 0.05) is 27.7 Å². The van der Waals surface area contributed by atoms with Gasteiger partial charge in [0.25, 0.3) is 0 Å². The van der Waals surface area contributed by atoms with Gasteiger partial charge in [0.15, 0.2) is 0 Å². The second kappa shape index (κ2) is 15.1. The fraction of sp³-hybridized carbons (Fsp3) is 0.0164. The average molecular weight is 804 g/mol. The summed E-state index contributed by atoms with van der Waals surface area (Å²) >= 11 is 0. The zero-order valence-corrected chi connectivity index (χ0v) is 34.5. The van der Waals surface area contributed by atoms with Crippen LogP contribution in [-0.2, 0) is 5.41 Å². The van der Waals surface area contributed by atoms with Crippen LogP contribution in [0.3, 0.4) is 0 Å². The Labute approximate surface area is 367 Å². The van der Waals surface area contributed by atoms with Crippen molar-refractivity contribution in [1.29, 1.82) is 0 Å². The van der Waals surface area contributed by atoms with E-state index in [2.05, 4.69) is 241 Å². The number of nitrogens with zero attached hydrogens (tertiary/aromatic N) is 1. The SMILES string of the molecule is c1ccc(N(c2ccc(-c3cccc4oc5ccccc5c34)cc2)c2ccccc2-c2cccc(-c3ccc4c(c3)-c3ccccc3C4(c3ccccc3)c3ccccc3)c2)cc1. The Bertz CT molecular complexity index is 3400. The van der Waals surface area contributed by atoms with Crippen LogP contribution in [0, 0.1) is 0 Å². The first-order valence-corrected chi connectivity index (χ1v) is 21.7. The summed E-state index contributed by atoms with van der Waals surface area (Å²) in [4.78, 5) is 2.37. The van der Waals surface area contributed by atoms with E-state index in [9.17, 15) is 0 Å². The van der Waals surface area contributed by atoms with Gasteiger partial charge in [-0.3, -0.25) is 0 Å². The molecule has 2 heteroatoms. The monoisotopic (exact) mass is 803 g/mol. The topological polar surface area (TPSA) is 16.4 Å². The molecule has 0 spiro atoms. The Balaban J connectivity index is 0.957. The van der Waals surface area contributed by atoms with E-state index in [4.69, 9.17) is 4.42 Å². The molecular weight excluding hydrogens is 763 g/mol. The molecule has 2 nitrogen and oxygen atoms in total. The Hall–Kier alpha value is -8.20. The quantitative estimate of drug-likeness (QED) is 0.152. The number of hydrogen-bond donors (Lipinski definition) is 0. The zero-order chi connectivity index (χ0) is 41.7. The predicted octanol–water partition coefficient (Wildman–Crippen LogP) is 16.4. The number of furan rings is 1. The summed E-state index contributed by atoms with van der Waals surface area (Å²) < 4.78 is 6.25. The van der Waals surface area contributed by atoms with Gasteiger partial charge in [0.05, 0.1) is 11.1 Å². The molecule has 0 bridgehead atoms. The Morgan fingerprint density at radius 1 is 0.317 bits per heavy atom. The molecular formula is C61H41NO. The van der Waals surface area contributed by atoms with E-state index in [0.29, 0.717) is 0 Å². The van der Waals surface area contributed by atoms with Gasteiger partial charge >= 0.3 is 0 Å². The maximum Gasteiger partial charge on any atom is 0.136 e. The molecule has 0 N–H and O–H groups in total. The van der Waals surface area contributed by atoms with Gasteiger partial charge in [0.2, 0.25) is 0 Å². The second-order valence-corrected chi connectivity index (χ2v) is 16.4. The minimum Gasteiger partial charge on any atom is -0.456 e. The molecule has 1 aromatic heterocycles. The lowest BCUT2D eigenvalue weighted by atomic mass is 9.67. The Morgan fingerprint density at radius 3 is 1.63 bits per heavy atom. The van der Waals surface area contributed by atoms with Crippen LogP contribution in [0.5, 0.6) is 0 Å². The minimum absolute atomic E-state index is 0.423. The molecule has 63 heavy (non-hydrogen) atoms. The Morgan fingerprint density at radius 2 is 0.857 bits per heavy atom. The first kappa shape index (κ1) is 36.6. The van der Waals surface area contributed by atoms with E-state index in [0.717, 1.165) is 61.3 Å². The first-order valence-electron chi connectivity index (χ1n) is 21.7. The fourth-order valence-corrected chi connectivity index (χ4v) is 10.2. The lowest BCUT2D eigenvalue weighted by Crippen LogP contribution is -2.28. The van der Waals surface area contributed by atoms with Gasteiger partial charge in [-0.1, -0.05) is 194 Å². The number of anilines is 3. The normalized spacial score (nSPS) is 12.6. The van der Waals surface area contributed by atoms with E-state index in [1.807, 2.05) is 12.1 Å². The molecule has 0 fully saturated rings. The van der Waals surface area contributed by atoms with E-state index < -0.39 is 5.41 Å². The number of fused-ring (bicyclic) bond motifs is 6. The average Bonchev–Trinajstić information content (AvgIpc) is 3.89. The van der Waals surface area contributed by atoms with Crippen molar-refractivity contribution in [2.24, 2.45) is 0 Å². The van der Waals surface area contributed by atoms with Crippen LogP contribution < -0.4 is 4.90 Å². The van der Waals surface area contributed by atoms with Gasteiger partial charge in [-0.15, -0.1) is 0 Å². The third-order valence-electron chi connectivity index (χ3n) is 13.0. The molecule has 0 aliphatic heterocycles. The third-order valence-corrected chi connectivity index (χ3v) is 13.0. The van der Waals surface area contributed by atoms with Crippen LogP contribution in [0.25, 0.3) is 66.4 Å². The fourth-order valence-electron chi connectivity index (χ4n) is 10.2. The summed E-state index contributed by atoms with van der Waals surface area (Å²) in [7, 11) is 0. The van der Waals surface area contributed by atoms with Gasteiger partial charge < -0.3 is 9.32 Å². The molecule has 296 valence electrons. The molecule has 1 aliphatic carbocycles. The van der Waals surface area contributed by atoms with Gasteiger partial charge in [-0.2, -0.15) is 0 Å². The van der Waals surface area contributed by atoms with Crippen molar-refractivity contribution in [2.45, 2.75) is 5.41 Å². The molecule has 0 saturated carbocycles. The summed E-state index contributed by atoms with van der Waals surface area (Å²) in [5, 5.41) is 2.27. The summed E-state index contributed by atoms with van der Waals surface area (Å²) in [6, 6.07) is 90.1. The molecule has 0 unspecified atom stereocenters. The van der Waals surface area contributed by atoms with Crippen LogP contribution in [0.15, 0.2) is 253 Å². The lowest BCUT2D eigenvalue weighted by Gasteiger charge is -2.33. The molecule has 0 radical (unpaired) electrons. The van der Waals surface area contributed by atoms with Crippen molar-refractivity contribution < 1.29 is 4.42 Å². The van der Waals surface area contributed by atoms with Crippen LogP contribution in [0.1, 0.15) is 22.3 Å². The largest absolute Gasteiger partial charge is 0.456 e. The number of rotatable bonds is 8. The van der Waals surface area contributed by atoms with E-state index in [1.165, 1.54) is 44.5 Å². The van der Waals surface area contributed by atoms with Gasteiger partial charge in [-0.05, 0) is 116 Å². The minimum atomic E-state index is -0.423. The number of para-hydroxylation sites is 3. The van der Waals surface area contributed by atoms with Crippen molar-refractivity contribution in [3.63, 3.8) is 0 Å². The van der Waals surface area contributed by atoms with Crippen LogP contribution in [0.4, 0.5) is 17.1 Å². The van der Waals surface area contributed by atoms with Crippen molar-refractivity contribution in [3.05, 3.63) is 271 Å². The molecule has 11 aromatic rings. The van der Waals surface area contributed by atoms with Crippen molar-refractivity contribution >= 4 is 39.0 Å². The predicted molar refractivity (Wildman–Crippen MR) is 262 cm³/mol. The molecule has 1 heterocycles. The highest BCUT2D eigenvalue weighted by atomic mass is 16.3. The second-order valence-electron chi connectivity index (χ2n) is 16.4. The summed E-state index contributed by atoms with van der Waals surface area (Å²) in [5.41, 5.74) is 19.4. The molecule has 0 amide bonds. The standard InChI is InChI=1S/C61H41NO/c1-4-20-46(21-5-1)61(47-22-6-2-7-23-47)55-30-13-10-27-52(55)54-41-44(36-39-56(54)61)43-18-16-19-45(40-43)50-26-11-14-31-57(50)62(48-24-8-3-9-25-48)49-37-34-42(35-38-49)51-29-17-33-59-60(51)53-28-12-15-32-58(53)63-59/h1-41H. The van der Waals surface area contributed by atoms with Crippen LogP contribution in [-0.4, -0.2) is 0 Å². The summed E-state index contributed by atoms with van der Waals surface area (Å²) in [6.45, 7) is 0. The van der Waals surface area contributed by atoms with E-state index in [1.54, 1.807) is 0 Å². The smallest absolute Gasteiger partial charge is 0.136 e. The Kier molecular flexibility index (Phi) is 8.76. The van der Waals surface area contributed by atoms with Crippen molar-refractivity contribution in [3.8, 4) is 44.5 Å².